The minimum absolute atomic E-state index is 1.14. The van der Waals surface area contributed by atoms with Crippen molar-refractivity contribution in [3.8, 4) is 11.1 Å². The van der Waals surface area contributed by atoms with E-state index in [0.29, 0.717) is 0 Å². The number of benzene rings is 2. The van der Waals surface area contributed by atoms with Crippen molar-refractivity contribution in [3.05, 3.63) is 60.2 Å². The first-order valence-corrected chi connectivity index (χ1v) is 5.84. The van der Waals surface area contributed by atoms with E-state index in [1.165, 1.54) is 16.7 Å². The lowest BCUT2D eigenvalue weighted by molar-refractivity contribution is 1.51. The average Bonchev–Trinajstić information content (AvgIpc) is 2.40. The second-order valence-corrected chi connectivity index (χ2v) is 3.95. The predicted octanol–water partition coefficient (Wildman–Crippen LogP) is 4.43. The lowest BCUT2D eigenvalue weighted by Gasteiger charge is -2.04. The first-order chi connectivity index (χ1) is 8.33. The van der Waals surface area contributed by atoms with Crippen LogP contribution in [-0.4, -0.2) is 7.05 Å². The maximum Gasteiger partial charge on any atom is 0.0337 e. The molecule has 0 aliphatic carbocycles. The number of allylic oxidation sites excluding steroid dienone is 1. The molecule has 0 saturated heterocycles. The van der Waals surface area contributed by atoms with Gasteiger partial charge in [0.05, 0.1) is 0 Å². The van der Waals surface area contributed by atoms with Crippen LogP contribution in [0.3, 0.4) is 0 Å². The van der Waals surface area contributed by atoms with E-state index < -0.39 is 0 Å². The molecule has 1 heteroatoms. The zero-order valence-electron chi connectivity index (χ0n) is 10.3. The van der Waals surface area contributed by atoms with E-state index in [4.69, 9.17) is 0 Å². The third-order valence-electron chi connectivity index (χ3n) is 2.78. The molecule has 0 fully saturated rings. The smallest absolute Gasteiger partial charge is 0.0337 e. The molecule has 0 saturated carbocycles. The van der Waals surface area contributed by atoms with Gasteiger partial charge in [0.1, 0.15) is 0 Å². The molecule has 1 N–H and O–H groups in total. The van der Waals surface area contributed by atoms with Gasteiger partial charge in [-0.25, -0.2) is 0 Å². The Morgan fingerprint density at radius 1 is 0.824 bits per heavy atom. The minimum atomic E-state index is 1.14. The van der Waals surface area contributed by atoms with Gasteiger partial charge in [-0.2, -0.15) is 0 Å². The van der Waals surface area contributed by atoms with Crippen molar-refractivity contribution >= 4 is 11.8 Å². The van der Waals surface area contributed by atoms with Crippen LogP contribution >= 0.6 is 0 Å². The molecule has 2 rings (SSSR count). The van der Waals surface area contributed by atoms with Crippen LogP contribution in [-0.2, 0) is 0 Å². The number of anilines is 1. The molecular weight excluding hydrogens is 206 g/mol. The van der Waals surface area contributed by atoms with E-state index in [9.17, 15) is 0 Å². The Hall–Kier alpha value is -2.02. The van der Waals surface area contributed by atoms with Crippen LogP contribution in [0, 0.1) is 0 Å². The maximum absolute atomic E-state index is 3.12. The highest BCUT2D eigenvalue weighted by molar-refractivity contribution is 5.67. The van der Waals surface area contributed by atoms with Crippen LogP contribution in [0.2, 0.25) is 0 Å². The molecule has 0 amide bonds. The second kappa shape index (κ2) is 5.35. The van der Waals surface area contributed by atoms with Crippen molar-refractivity contribution in [2.24, 2.45) is 0 Å². The van der Waals surface area contributed by atoms with Crippen LogP contribution in [0.1, 0.15) is 12.5 Å². The van der Waals surface area contributed by atoms with Crippen LogP contribution in [0.5, 0.6) is 0 Å². The minimum Gasteiger partial charge on any atom is -0.388 e. The highest BCUT2D eigenvalue weighted by Crippen LogP contribution is 2.22. The van der Waals surface area contributed by atoms with Gasteiger partial charge in [0, 0.05) is 12.7 Å². The summed E-state index contributed by atoms with van der Waals surface area (Å²) in [6.07, 6.45) is 4.16. The van der Waals surface area contributed by atoms with Crippen molar-refractivity contribution in [2.75, 3.05) is 12.4 Å². The second-order valence-electron chi connectivity index (χ2n) is 3.95. The summed E-state index contributed by atoms with van der Waals surface area (Å²) >= 11 is 0. The van der Waals surface area contributed by atoms with Gasteiger partial charge in [-0.1, -0.05) is 48.6 Å². The molecule has 86 valence electrons. The Morgan fingerprint density at radius 2 is 1.35 bits per heavy atom. The fraction of sp³-hybridized carbons (Fsp3) is 0.125. The van der Waals surface area contributed by atoms with Crippen molar-refractivity contribution in [3.63, 3.8) is 0 Å². The van der Waals surface area contributed by atoms with Gasteiger partial charge >= 0.3 is 0 Å². The molecule has 0 atom stereocenters. The molecule has 0 heterocycles. The standard InChI is InChI=1S/C16H17N/c1-3-4-13-5-7-14(8-6-13)15-9-11-16(17-2)12-10-15/h3-12,17H,1-2H3. The average molecular weight is 223 g/mol. The summed E-state index contributed by atoms with van der Waals surface area (Å²) < 4.78 is 0. The number of nitrogens with one attached hydrogen (secondary N) is 1. The van der Waals surface area contributed by atoms with Crippen LogP contribution in [0.4, 0.5) is 5.69 Å². The molecule has 0 aromatic heterocycles. The normalized spacial score (nSPS) is 10.7. The molecule has 0 unspecified atom stereocenters. The Kier molecular flexibility index (Phi) is 3.61. The van der Waals surface area contributed by atoms with Gasteiger partial charge < -0.3 is 5.32 Å². The molecule has 1 nitrogen and oxygen atoms in total. The molecule has 17 heavy (non-hydrogen) atoms. The third kappa shape index (κ3) is 2.76. The maximum atomic E-state index is 3.12. The Balaban J connectivity index is 2.26. The Bertz CT molecular complexity index is 492. The van der Waals surface area contributed by atoms with E-state index in [2.05, 4.69) is 66.0 Å². The van der Waals surface area contributed by atoms with Crippen molar-refractivity contribution in [1.29, 1.82) is 0 Å². The number of hydrogen-bond acceptors (Lipinski definition) is 1. The van der Waals surface area contributed by atoms with E-state index in [-0.39, 0.29) is 0 Å². The SMILES string of the molecule is CC=Cc1ccc(-c2ccc(NC)cc2)cc1. The highest BCUT2D eigenvalue weighted by Gasteiger charge is 1.97. The first-order valence-electron chi connectivity index (χ1n) is 5.84. The summed E-state index contributed by atoms with van der Waals surface area (Å²) in [5.74, 6) is 0. The van der Waals surface area contributed by atoms with Gasteiger partial charge in [0.15, 0.2) is 0 Å². The fourth-order valence-electron chi connectivity index (χ4n) is 1.81. The van der Waals surface area contributed by atoms with Crippen LogP contribution in [0.25, 0.3) is 17.2 Å². The van der Waals surface area contributed by atoms with E-state index in [1.54, 1.807) is 0 Å². The molecule has 0 bridgehead atoms. The fourth-order valence-corrected chi connectivity index (χ4v) is 1.81. The van der Waals surface area contributed by atoms with Crippen molar-refractivity contribution in [1.82, 2.24) is 0 Å². The molecule has 2 aromatic rings. The van der Waals surface area contributed by atoms with Gasteiger partial charge in [-0.15, -0.1) is 0 Å². The van der Waals surface area contributed by atoms with Crippen LogP contribution < -0.4 is 5.32 Å². The summed E-state index contributed by atoms with van der Waals surface area (Å²) in [6, 6.07) is 17.0. The van der Waals surface area contributed by atoms with Gasteiger partial charge in [0.25, 0.3) is 0 Å². The van der Waals surface area contributed by atoms with Crippen molar-refractivity contribution < 1.29 is 0 Å². The summed E-state index contributed by atoms with van der Waals surface area (Å²) in [5, 5.41) is 3.12. The predicted molar refractivity (Wildman–Crippen MR) is 76.1 cm³/mol. The van der Waals surface area contributed by atoms with Gasteiger partial charge in [-0.05, 0) is 35.7 Å². The quantitative estimate of drug-likeness (QED) is 0.811. The Labute approximate surface area is 103 Å². The molecule has 0 aliphatic heterocycles. The first kappa shape index (κ1) is 11.5. The van der Waals surface area contributed by atoms with E-state index >= 15 is 0 Å². The topological polar surface area (TPSA) is 12.0 Å². The molecule has 2 aromatic carbocycles. The summed E-state index contributed by atoms with van der Waals surface area (Å²) in [5.41, 5.74) is 4.87. The highest BCUT2D eigenvalue weighted by atomic mass is 14.8. The lowest BCUT2D eigenvalue weighted by Crippen LogP contribution is -1.86. The van der Waals surface area contributed by atoms with Gasteiger partial charge in [-0.3, -0.25) is 0 Å². The largest absolute Gasteiger partial charge is 0.388 e. The number of hydrogen-bond donors (Lipinski definition) is 1. The monoisotopic (exact) mass is 223 g/mol. The van der Waals surface area contributed by atoms with Gasteiger partial charge in [0.2, 0.25) is 0 Å². The molecular formula is C16H17N. The zero-order chi connectivity index (χ0) is 12.1. The van der Waals surface area contributed by atoms with Crippen molar-refractivity contribution in [2.45, 2.75) is 6.92 Å². The summed E-state index contributed by atoms with van der Waals surface area (Å²) in [7, 11) is 1.93. The van der Waals surface area contributed by atoms with Crippen LogP contribution in [0.15, 0.2) is 54.6 Å². The van der Waals surface area contributed by atoms with E-state index in [1.807, 2.05) is 14.0 Å². The molecule has 0 radical (unpaired) electrons. The molecule has 0 aliphatic rings. The summed E-state index contributed by atoms with van der Waals surface area (Å²) in [6.45, 7) is 2.03. The molecule has 0 spiro atoms. The third-order valence-corrected chi connectivity index (χ3v) is 2.78. The Morgan fingerprint density at radius 3 is 1.82 bits per heavy atom. The zero-order valence-corrected chi connectivity index (χ0v) is 10.3. The lowest BCUT2D eigenvalue weighted by atomic mass is 10.0. The van der Waals surface area contributed by atoms with E-state index in [0.717, 1.165) is 5.69 Å². The number of rotatable bonds is 3. The summed E-state index contributed by atoms with van der Waals surface area (Å²) in [4.78, 5) is 0.